The van der Waals surface area contributed by atoms with E-state index in [4.69, 9.17) is 18.7 Å². The van der Waals surface area contributed by atoms with Crippen LogP contribution in [-0.4, -0.2) is 26.0 Å². The fourth-order valence-electron chi connectivity index (χ4n) is 4.15. The lowest BCUT2D eigenvalue weighted by molar-refractivity contribution is 0.276. The molecular weight excluding hydrogens is 424 g/mol. The molecule has 1 aliphatic heterocycles. The summed E-state index contributed by atoms with van der Waals surface area (Å²) < 4.78 is 26.3. The van der Waals surface area contributed by atoms with Gasteiger partial charge in [-0.3, -0.25) is 0 Å². The lowest BCUT2D eigenvalue weighted by Gasteiger charge is -2.26. The monoisotopic (exact) mass is 448 g/mol. The van der Waals surface area contributed by atoms with Crippen molar-refractivity contribution in [2.24, 2.45) is 0 Å². The topological polar surface area (TPSA) is 65.8 Å². The van der Waals surface area contributed by atoms with E-state index in [0.29, 0.717) is 35.4 Å². The third-order valence-corrected chi connectivity index (χ3v) is 6.66. The van der Waals surface area contributed by atoms with Crippen LogP contribution in [0.4, 0.5) is 5.82 Å². The maximum atomic E-state index is 6.21. The maximum Gasteiger partial charge on any atom is 0.191 e. The highest BCUT2D eigenvalue weighted by Crippen LogP contribution is 2.48. The van der Waals surface area contributed by atoms with Crippen LogP contribution in [0, 0.1) is 0 Å². The fraction of sp³-hybridized carbons (Fsp3) is 0.240. The standard InChI is InChI=1S/C25H24N2O4S/c1-15-12-13-30-23-21(15)17(16-8-5-4-6-9-16)14-20-22(23)25(26-31-20)27-32-24-18(28-2)10-7-11-19(24)29-3/h4-11,14-15H,12-13H2,1-3H3,(H,26,27). The summed E-state index contributed by atoms with van der Waals surface area (Å²) in [5.41, 5.74) is 4.15. The Balaban J connectivity index is 1.59. The number of hydrogen-bond acceptors (Lipinski definition) is 7. The zero-order valence-electron chi connectivity index (χ0n) is 18.2. The summed E-state index contributed by atoms with van der Waals surface area (Å²) in [5.74, 6) is 3.25. The molecule has 3 aromatic carbocycles. The Kier molecular flexibility index (Phi) is 5.57. The molecule has 6 nitrogen and oxygen atoms in total. The molecule has 4 aromatic rings. The third-order valence-electron chi connectivity index (χ3n) is 5.76. The molecule has 1 atom stereocenters. The van der Waals surface area contributed by atoms with Crippen LogP contribution in [0.2, 0.25) is 0 Å². The smallest absolute Gasteiger partial charge is 0.191 e. The number of nitrogens with one attached hydrogen (secondary N) is 1. The number of methoxy groups -OCH3 is 2. The van der Waals surface area contributed by atoms with Crippen molar-refractivity contribution < 1.29 is 18.7 Å². The molecule has 0 radical (unpaired) electrons. The highest BCUT2D eigenvalue weighted by atomic mass is 32.2. The lowest BCUT2D eigenvalue weighted by Crippen LogP contribution is -2.13. The highest BCUT2D eigenvalue weighted by molar-refractivity contribution is 8.00. The van der Waals surface area contributed by atoms with E-state index in [1.54, 1.807) is 14.2 Å². The van der Waals surface area contributed by atoms with Crippen molar-refractivity contribution in [2.75, 3.05) is 25.5 Å². The molecule has 2 heterocycles. The van der Waals surface area contributed by atoms with Crippen LogP contribution >= 0.6 is 11.9 Å². The van der Waals surface area contributed by atoms with E-state index < -0.39 is 0 Å². The number of rotatable bonds is 6. The van der Waals surface area contributed by atoms with Gasteiger partial charge in [-0.1, -0.05) is 48.5 Å². The molecule has 0 saturated heterocycles. The summed E-state index contributed by atoms with van der Waals surface area (Å²) in [6.45, 7) is 2.91. The summed E-state index contributed by atoms with van der Waals surface area (Å²) in [7, 11) is 3.28. The van der Waals surface area contributed by atoms with Crippen LogP contribution in [0.1, 0.15) is 24.8 Å². The van der Waals surface area contributed by atoms with Gasteiger partial charge in [0.15, 0.2) is 11.4 Å². The van der Waals surface area contributed by atoms with E-state index in [-0.39, 0.29) is 0 Å². The molecule has 32 heavy (non-hydrogen) atoms. The highest BCUT2D eigenvalue weighted by Gasteiger charge is 2.28. The van der Waals surface area contributed by atoms with Crippen LogP contribution < -0.4 is 18.9 Å². The normalized spacial score (nSPS) is 15.2. The molecule has 164 valence electrons. The Bertz CT molecular complexity index is 1230. The van der Waals surface area contributed by atoms with E-state index in [9.17, 15) is 0 Å². The number of hydrogen-bond donors (Lipinski definition) is 1. The minimum Gasteiger partial charge on any atom is -0.495 e. The Hall–Kier alpha value is -3.32. The second-order valence-corrected chi connectivity index (χ2v) is 8.49. The van der Waals surface area contributed by atoms with Crippen LogP contribution in [0.25, 0.3) is 22.1 Å². The summed E-state index contributed by atoms with van der Waals surface area (Å²) in [5, 5.41) is 5.17. The first-order chi connectivity index (χ1) is 15.7. The van der Waals surface area contributed by atoms with Gasteiger partial charge in [0.25, 0.3) is 0 Å². The summed E-state index contributed by atoms with van der Waals surface area (Å²) in [6, 6.07) is 18.1. The molecule has 0 aliphatic carbocycles. The Morgan fingerprint density at radius 2 is 1.78 bits per heavy atom. The average Bonchev–Trinajstić information content (AvgIpc) is 3.25. The van der Waals surface area contributed by atoms with Crippen LogP contribution in [0.15, 0.2) is 64.0 Å². The fourth-order valence-corrected chi connectivity index (χ4v) is 4.99. The van der Waals surface area contributed by atoms with E-state index >= 15 is 0 Å². The molecular formula is C25H24N2O4S. The quantitative estimate of drug-likeness (QED) is 0.337. The van der Waals surface area contributed by atoms with Crippen molar-refractivity contribution in [3.05, 3.63) is 60.2 Å². The molecule has 0 fully saturated rings. The second kappa shape index (κ2) is 8.67. The molecule has 1 N–H and O–H groups in total. The minimum absolute atomic E-state index is 0.364. The molecule has 0 amide bonds. The molecule has 1 unspecified atom stereocenters. The Morgan fingerprint density at radius 1 is 1.03 bits per heavy atom. The number of benzene rings is 3. The Morgan fingerprint density at radius 3 is 2.50 bits per heavy atom. The van der Waals surface area contributed by atoms with Gasteiger partial charge in [0.05, 0.1) is 20.8 Å². The van der Waals surface area contributed by atoms with Crippen molar-refractivity contribution >= 4 is 28.7 Å². The summed E-state index contributed by atoms with van der Waals surface area (Å²) >= 11 is 1.37. The molecule has 0 saturated carbocycles. The van der Waals surface area contributed by atoms with Crippen molar-refractivity contribution in [1.29, 1.82) is 0 Å². The number of fused-ring (bicyclic) bond motifs is 3. The largest absolute Gasteiger partial charge is 0.495 e. The van der Waals surface area contributed by atoms with E-state index in [1.165, 1.54) is 17.5 Å². The Labute approximate surface area is 191 Å². The molecule has 1 aliphatic rings. The first-order valence-corrected chi connectivity index (χ1v) is 11.3. The van der Waals surface area contributed by atoms with Gasteiger partial charge in [0, 0.05) is 5.56 Å². The number of nitrogens with zero attached hydrogens (tertiary/aromatic N) is 1. The van der Waals surface area contributed by atoms with Gasteiger partial charge in [-0.2, -0.15) is 0 Å². The van der Waals surface area contributed by atoms with Gasteiger partial charge in [-0.05, 0) is 53.6 Å². The number of aromatic nitrogens is 1. The predicted octanol–water partition coefficient (Wildman–Crippen LogP) is 6.52. The maximum absolute atomic E-state index is 6.21. The molecule has 1 aromatic heterocycles. The second-order valence-electron chi connectivity index (χ2n) is 7.67. The zero-order valence-corrected chi connectivity index (χ0v) is 19.0. The molecule has 5 rings (SSSR count). The minimum atomic E-state index is 0.364. The van der Waals surface area contributed by atoms with Crippen molar-refractivity contribution in [1.82, 2.24) is 5.16 Å². The summed E-state index contributed by atoms with van der Waals surface area (Å²) in [4.78, 5) is 0.831. The van der Waals surface area contributed by atoms with Crippen LogP contribution in [0.5, 0.6) is 17.2 Å². The zero-order chi connectivity index (χ0) is 22.1. The number of anilines is 1. The van der Waals surface area contributed by atoms with Gasteiger partial charge in [-0.25, -0.2) is 0 Å². The first-order valence-electron chi connectivity index (χ1n) is 10.5. The van der Waals surface area contributed by atoms with Gasteiger partial charge in [-0.15, -0.1) is 0 Å². The lowest BCUT2D eigenvalue weighted by atomic mass is 9.86. The van der Waals surface area contributed by atoms with E-state index in [1.807, 2.05) is 36.4 Å². The third kappa shape index (κ3) is 3.52. The summed E-state index contributed by atoms with van der Waals surface area (Å²) in [6.07, 6.45) is 0.972. The van der Waals surface area contributed by atoms with Crippen LogP contribution in [-0.2, 0) is 0 Å². The molecule has 7 heteroatoms. The van der Waals surface area contributed by atoms with E-state index in [0.717, 1.165) is 33.6 Å². The molecule has 0 spiro atoms. The number of ether oxygens (including phenoxy) is 3. The average molecular weight is 449 g/mol. The van der Waals surface area contributed by atoms with Crippen molar-refractivity contribution in [3.63, 3.8) is 0 Å². The van der Waals surface area contributed by atoms with Crippen molar-refractivity contribution in [3.8, 4) is 28.4 Å². The van der Waals surface area contributed by atoms with Crippen molar-refractivity contribution in [2.45, 2.75) is 24.2 Å². The first kappa shape index (κ1) is 20.6. The van der Waals surface area contributed by atoms with Gasteiger partial charge in [0.1, 0.15) is 27.5 Å². The van der Waals surface area contributed by atoms with E-state index in [2.05, 4.69) is 35.0 Å². The van der Waals surface area contributed by atoms with Gasteiger partial charge in [0.2, 0.25) is 0 Å². The predicted molar refractivity (Wildman–Crippen MR) is 127 cm³/mol. The SMILES string of the molecule is COc1cccc(OC)c1SNc1noc2cc(-c3ccccc3)c3c(c12)OCCC3C. The molecule has 0 bridgehead atoms. The van der Waals surface area contributed by atoms with Gasteiger partial charge < -0.3 is 23.5 Å². The van der Waals surface area contributed by atoms with Crippen LogP contribution in [0.3, 0.4) is 0 Å². The van der Waals surface area contributed by atoms with Gasteiger partial charge >= 0.3 is 0 Å².